The lowest BCUT2D eigenvalue weighted by molar-refractivity contribution is 0.572. The van der Waals surface area contributed by atoms with E-state index in [1.165, 1.54) is 31.2 Å². The first-order chi connectivity index (χ1) is 8.08. The highest BCUT2D eigenvalue weighted by Crippen LogP contribution is 2.33. The van der Waals surface area contributed by atoms with Gasteiger partial charge in [-0.05, 0) is 30.9 Å². The van der Waals surface area contributed by atoms with Gasteiger partial charge in [-0.1, -0.05) is 24.4 Å². The zero-order chi connectivity index (χ0) is 12.3. The topological polar surface area (TPSA) is 59.1 Å². The smallest absolute Gasteiger partial charge is 0.242 e. The number of aromatic nitrogens is 1. The van der Waals surface area contributed by atoms with E-state index in [1.807, 2.05) is 0 Å². The van der Waals surface area contributed by atoms with Gasteiger partial charge in [0.15, 0.2) is 0 Å². The van der Waals surface area contributed by atoms with Crippen LogP contribution < -0.4 is 4.72 Å². The average molecular weight is 275 g/mol. The monoisotopic (exact) mass is 274 g/mol. The van der Waals surface area contributed by atoms with E-state index in [-0.39, 0.29) is 10.0 Å². The molecule has 0 saturated heterocycles. The molecule has 1 fully saturated rings. The first-order valence-corrected chi connectivity index (χ1v) is 7.55. The summed E-state index contributed by atoms with van der Waals surface area (Å²) in [5.74, 6) is 0.830. The molecule has 1 heterocycles. The second kappa shape index (κ2) is 5.33. The molecule has 1 aliphatic rings. The van der Waals surface area contributed by atoms with Crippen molar-refractivity contribution in [2.75, 3.05) is 6.54 Å². The lowest BCUT2D eigenvalue weighted by Crippen LogP contribution is -2.24. The second-order valence-electron chi connectivity index (χ2n) is 4.30. The third-order valence-electron chi connectivity index (χ3n) is 2.79. The molecule has 17 heavy (non-hydrogen) atoms. The number of rotatable bonds is 6. The van der Waals surface area contributed by atoms with Gasteiger partial charge in [-0.25, -0.2) is 18.1 Å². The summed E-state index contributed by atoms with van der Waals surface area (Å²) in [5, 5.41) is 0.290. The van der Waals surface area contributed by atoms with Gasteiger partial charge in [-0.2, -0.15) is 0 Å². The molecule has 0 aromatic carbocycles. The lowest BCUT2D eigenvalue weighted by Gasteiger charge is -2.05. The SMILES string of the molecule is O=S(=O)(NCCCC1CC1)c1ccc(Cl)nc1. The Hall–Kier alpha value is -0.650. The molecule has 1 aromatic heterocycles. The number of hydrogen-bond donors (Lipinski definition) is 1. The zero-order valence-electron chi connectivity index (χ0n) is 9.39. The predicted octanol–water partition coefficient (Wildman–Crippen LogP) is 2.20. The van der Waals surface area contributed by atoms with Crippen LogP contribution in [0.5, 0.6) is 0 Å². The predicted molar refractivity (Wildman–Crippen MR) is 66.4 cm³/mol. The van der Waals surface area contributed by atoms with Gasteiger partial charge in [0.1, 0.15) is 10.0 Å². The van der Waals surface area contributed by atoms with Crippen LogP contribution >= 0.6 is 11.6 Å². The Morgan fingerprint density at radius 3 is 2.76 bits per heavy atom. The number of nitrogens with zero attached hydrogens (tertiary/aromatic N) is 1. The van der Waals surface area contributed by atoms with Crippen LogP contribution in [0.4, 0.5) is 0 Å². The largest absolute Gasteiger partial charge is 0.243 e. The summed E-state index contributed by atoms with van der Waals surface area (Å²) >= 11 is 5.60. The number of pyridine rings is 1. The first-order valence-electron chi connectivity index (χ1n) is 5.69. The average Bonchev–Trinajstić information content (AvgIpc) is 3.09. The molecule has 0 spiro atoms. The fourth-order valence-corrected chi connectivity index (χ4v) is 2.74. The summed E-state index contributed by atoms with van der Waals surface area (Å²) in [5.41, 5.74) is 0. The van der Waals surface area contributed by atoms with Gasteiger partial charge < -0.3 is 0 Å². The fourth-order valence-electron chi connectivity index (χ4n) is 1.61. The Morgan fingerprint density at radius 2 is 2.18 bits per heavy atom. The van der Waals surface area contributed by atoms with Crippen LogP contribution in [0.2, 0.25) is 5.15 Å². The van der Waals surface area contributed by atoms with E-state index in [0.29, 0.717) is 6.54 Å². The normalized spacial score (nSPS) is 16.1. The van der Waals surface area contributed by atoms with Crippen LogP contribution in [-0.4, -0.2) is 19.9 Å². The van der Waals surface area contributed by atoms with Crippen molar-refractivity contribution in [2.24, 2.45) is 5.92 Å². The minimum Gasteiger partial charge on any atom is -0.243 e. The highest BCUT2D eigenvalue weighted by molar-refractivity contribution is 7.89. The minimum atomic E-state index is -3.43. The van der Waals surface area contributed by atoms with Gasteiger partial charge in [-0.15, -0.1) is 0 Å². The third kappa shape index (κ3) is 3.94. The van der Waals surface area contributed by atoms with Crippen LogP contribution in [-0.2, 0) is 10.0 Å². The molecule has 1 aliphatic carbocycles. The van der Waals surface area contributed by atoms with Crippen LogP contribution in [0.3, 0.4) is 0 Å². The summed E-state index contributed by atoms with van der Waals surface area (Å²) in [4.78, 5) is 3.92. The van der Waals surface area contributed by atoms with Crippen molar-refractivity contribution in [3.63, 3.8) is 0 Å². The Labute approximate surface area is 106 Å². The van der Waals surface area contributed by atoms with E-state index < -0.39 is 10.0 Å². The van der Waals surface area contributed by atoms with Crippen molar-refractivity contribution in [1.82, 2.24) is 9.71 Å². The first kappa shape index (κ1) is 12.8. The second-order valence-corrected chi connectivity index (χ2v) is 6.45. The van der Waals surface area contributed by atoms with Crippen molar-refractivity contribution in [3.8, 4) is 0 Å². The molecule has 0 amide bonds. The summed E-state index contributed by atoms with van der Waals surface area (Å²) in [6.07, 6.45) is 5.87. The van der Waals surface area contributed by atoms with Gasteiger partial charge in [0.05, 0.1) is 0 Å². The molecule has 0 bridgehead atoms. The van der Waals surface area contributed by atoms with Gasteiger partial charge in [0, 0.05) is 12.7 Å². The molecule has 1 aromatic rings. The molecule has 0 radical (unpaired) electrons. The maximum absolute atomic E-state index is 11.8. The van der Waals surface area contributed by atoms with Crippen LogP contribution in [0.15, 0.2) is 23.2 Å². The molecule has 94 valence electrons. The minimum absolute atomic E-state index is 0.160. The maximum atomic E-state index is 11.8. The van der Waals surface area contributed by atoms with Crippen molar-refractivity contribution in [3.05, 3.63) is 23.5 Å². The summed E-state index contributed by atoms with van der Waals surface area (Å²) in [6.45, 7) is 0.488. The summed E-state index contributed by atoms with van der Waals surface area (Å²) < 4.78 is 26.2. The number of halogens is 1. The van der Waals surface area contributed by atoms with Crippen molar-refractivity contribution < 1.29 is 8.42 Å². The van der Waals surface area contributed by atoms with Crippen LogP contribution in [0.25, 0.3) is 0 Å². The van der Waals surface area contributed by atoms with Gasteiger partial charge >= 0.3 is 0 Å². The van der Waals surface area contributed by atoms with E-state index in [9.17, 15) is 8.42 Å². The molecule has 2 rings (SSSR count). The number of nitrogens with one attached hydrogen (secondary N) is 1. The summed E-state index contributed by atoms with van der Waals surface area (Å²) in [7, 11) is -3.43. The van der Waals surface area contributed by atoms with Gasteiger partial charge in [0.2, 0.25) is 10.0 Å². The van der Waals surface area contributed by atoms with E-state index in [0.717, 1.165) is 18.8 Å². The maximum Gasteiger partial charge on any atom is 0.242 e. The Kier molecular flexibility index (Phi) is 4.01. The molecule has 1 N–H and O–H groups in total. The molecule has 0 atom stereocenters. The Morgan fingerprint density at radius 1 is 1.41 bits per heavy atom. The summed E-state index contributed by atoms with van der Waals surface area (Å²) in [6, 6.07) is 2.93. The van der Waals surface area contributed by atoms with Crippen LogP contribution in [0.1, 0.15) is 25.7 Å². The molecule has 1 saturated carbocycles. The number of sulfonamides is 1. The van der Waals surface area contributed by atoms with E-state index in [4.69, 9.17) is 11.6 Å². The van der Waals surface area contributed by atoms with E-state index >= 15 is 0 Å². The molecule has 6 heteroatoms. The van der Waals surface area contributed by atoms with Crippen molar-refractivity contribution in [1.29, 1.82) is 0 Å². The number of hydrogen-bond acceptors (Lipinski definition) is 3. The zero-order valence-corrected chi connectivity index (χ0v) is 11.0. The molecule has 0 aliphatic heterocycles. The van der Waals surface area contributed by atoms with Crippen molar-refractivity contribution >= 4 is 21.6 Å². The Bertz CT molecular complexity index is 469. The van der Waals surface area contributed by atoms with Crippen molar-refractivity contribution in [2.45, 2.75) is 30.6 Å². The fraction of sp³-hybridized carbons (Fsp3) is 0.545. The van der Waals surface area contributed by atoms with Crippen LogP contribution in [0, 0.1) is 5.92 Å². The quantitative estimate of drug-likeness (QED) is 0.639. The third-order valence-corrected chi connectivity index (χ3v) is 4.46. The van der Waals surface area contributed by atoms with Gasteiger partial charge in [-0.3, -0.25) is 0 Å². The molecular formula is C11H15ClN2O2S. The highest BCUT2D eigenvalue weighted by Gasteiger charge is 2.20. The van der Waals surface area contributed by atoms with E-state index in [2.05, 4.69) is 9.71 Å². The Balaban J connectivity index is 1.86. The molecular weight excluding hydrogens is 260 g/mol. The van der Waals surface area contributed by atoms with Gasteiger partial charge in [0.25, 0.3) is 0 Å². The molecule has 0 unspecified atom stereocenters. The lowest BCUT2D eigenvalue weighted by atomic mass is 10.2. The molecule has 4 nitrogen and oxygen atoms in total. The highest BCUT2D eigenvalue weighted by atomic mass is 35.5. The standard InChI is InChI=1S/C11H15ClN2O2S/c12-11-6-5-10(8-13-11)17(15,16)14-7-1-2-9-3-4-9/h5-6,8-9,14H,1-4,7H2. The van der Waals surface area contributed by atoms with E-state index in [1.54, 1.807) is 0 Å².